The third kappa shape index (κ3) is 3.64. The molecule has 2 heterocycles. The summed E-state index contributed by atoms with van der Waals surface area (Å²) in [5.41, 5.74) is 6.25. The molecule has 0 atom stereocenters. The summed E-state index contributed by atoms with van der Waals surface area (Å²) in [5.74, 6) is -0.0314. The van der Waals surface area contributed by atoms with Crippen molar-refractivity contribution in [1.29, 1.82) is 0 Å². The Hall–Kier alpha value is -3.48. The van der Waals surface area contributed by atoms with Gasteiger partial charge in [0.15, 0.2) is 0 Å². The van der Waals surface area contributed by atoms with Crippen LogP contribution in [0.25, 0.3) is 11.0 Å². The minimum absolute atomic E-state index is 0.0314. The number of benzene rings is 2. The first-order chi connectivity index (χ1) is 13.5. The van der Waals surface area contributed by atoms with Crippen molar-refractivity contribution < 1.29 is 9.42 Å². The molecule has 0 radical (unpaired) electrons. The van der Waals surface area contributed by atoms with Crippen molar-refractivity contribution in [2.24, 2.45) is 0 Å². The van der Waals surface area contributed by atoms with Gasteiger partial charge in [0.25, 0.3) is 5.91 Å². The average molecular weight is 375 g/mol. The van der Waals surface area contributed by atoms with E-state index < -0.39 is 0 Å². The van der Waals surface area contributed by atoms with E-state index in [1.807, 2.05) is 61.0 Å². The fourth-order valence-corrected chi connectivity index (χ4v) is 3.25. The first-order valence-electron chi connectivity index (χ1n) is 9.06. The molecule has 4 rings (SSSR count). The van der Waals surface area contributed by atoms with Crippen LogP contribution >= 0.6 is 0 Å². The fraction of sp³-hybridized carbons (Fsp3) is 0.238. The van der Waals surface area contributed by atoms with Crippen molar-refractivity contribution in [3.8, 4) is 0 Å². The van der Waals surface area contributed by atoms with E-state index in [9.17, 15) is 4.79 Å². The summed E-state index contributed by atoms with van der Waals surface area (Å²) >= 11 is 0. The highest BCUT2D eigenvalue weighted by Crippen LogP contribution is 2.15. The van der Waals surface area contributed by atoms with Crippen LogP contribution < -0.4 is 0 Å². The number of rotatable bonds is 5. The Morgan fingerprint density at radius 3 is 2.43 bits per heavy atom. The second kappa shape index (κ2) is 7.26. The van der Waals surface area contributed by atoms with Gasteiger partial charge in [0.05, 0.1) is 12.2 Å². The molecule has 7 nitrogen and oxygen atoms in total. The third-order valence-corrected chi connectivity index (χ3v) is 4.72. The molecule has 0 saturated carbocycles. The summed E-state index contributed by atoms with van der Waals surface area (Å²) in [6, 6.07) is 15.4. The Labute approximate surface area is 162 Å². The van der Waals surface area contributed by atoms with Gasteiger partial charge in [-0.2, -0.15) is 5.10 Å². The Bertz CT molecular complexity index is 1130. The normalized spacial score (nSPS) is 11.1. The first kappa shape index (κ1) is 17.9. The zero-order chi connectivity index (χ0) is 19.7. The number of carbonyl (C=O) groups excluding carboxylic acids is 1. The highest BCUT2D eigenvalue weighted by atomic mass is 16.6. The van der Waals surface area contributed by atoms with E-state index in [0.717, 1.165) is 22.5 Å². The quantitative estimate of drug-likeness (QED) is 0.535. The smallest absolute Gasteiger partial charge is 0.253 e. The molecule has 0 aliphatic carbocycles. The Kier molecular flexibility index (Phi) is 4.65. The van der Waals surface area contributed by atoms with Crippen LogP contribution in [0.5, 0.6) is 0 Å². The lowest BCUT2D eigenvalue weighted by Crippen LogP contribution is -2.26. The minimum Gasteiger partial charge on any atom is -0.337 e. The van der Waals surface area contributed by atoms with Gasteiger partial charge in [-0.15, -0.1) is 0 Å². The highest BCUT2D eigenvalue weighted by Gasteiger charge is 2.13. The Balaban J connectivity index is 1.44. The fourth-order valence-electron chi connectivity index (χ4n) is 3.25. The maximum atomic E-state index is 12.8. The monoisotopic (exact) mass is 375 g/mol. The van der Waals surface area contributed by atoms with Gasteiger partial charge in [-0.1, -0.05) is 18.2 Å². The molecule has 2 aromatic heterocycles. The SMILES string of the molecule is Cc1cc(C)n(Cc2ccc(C(=O)N(C)Cc3ccc4nonc4c3)cc2)n1. The second-order valence-electron chi connectivity index (χ2n) is 7.03. The standard InChI is InChI=1S/C21H21N5O2/c1-14-10-15(2)26(22-14)13-16-4-7-18(8-5-16)21(27)25(3)12-17-6-9-19-20(11-17)24-28-23-19/h4-11H,12-13H2,1-3H3. The predicted octanol–water partition coefficient (Wildman–Crippen LogP) is 3.36. The summed E-state index contributed by atoms with van der Waals surface area (Å²) in [6.45, 7) is 5.20. The maximum Gasteiger partial charge on any atom is 0.253 e. The van der Waals surface area contributed by atoms with Gasteiger partial charge >= 0.3 is 0 Å². The van der Waals surface area contributed by atoms with Crippen molar-refractivity contribution in [2.45, 2.75) is 26.9 Å². The number of hydrogen-bond donors (Lipinski definition) is 0. The van der Waals surface area contributed by atoms with E-state index in [4.69, 9.17) is 4.63 Å². The van der Waals surface area contributed by atoms with Crippen LogP contribution in [-0.2, 0) is 13.1 Å². The van der Waals surface area contributed by atoms with Gasteiger partial charge in [-0.25, -0.2) is 4.63 Å². The molecular weight excluding hydrogens is 354 g/mol. The van der Waals surface area contributed by atoms with Gasteiger partial charge < -0.3 is 4.90 Å². The van der Waals surface area contributed by atoms with Gasteiger partial charge in [-0.3, -0.25) is 9.48 Å². The summed E-state index contributed by atoms with van der Waals surface area (Å²) in [7, 11) is 1.79. The highest BCUT2D eigenvalue weighted by molar-refractivity contribution is 5.94. The Morgan fingerprint density at radius 2 is 1.71 bits per heavy atom. The molecule has 0 spiro atoms. The molecular formula is C21H21N5O2. The van der Waals surface area contributed by atoms with E-state index >= 15 is 0 Å². The molecule has 0 aliphatic heterocycles. The molecule has 0 aliphatic rings. The molecule has 7 heteroatoms. The minimum atomic E-state index is -0.0314. The summed E-state index contributed by atoms with van der Waals surface area (Å²) in [6.07, 6.45) is 0. The van der Waals surface area contributed by atoms with E-state index in [1.54, 1.807) is 11.9 Å². The first-order valence-corrected chi connectivity index (χ1v) is 9.06. The number of aryl methyl sites for hydroxylation is 2. The van der Waals surface area contributed by atoms with Crippen LogP contribution in [0.4, 0.5) is 0 Å². The van der Waals surface area contributed by atoms with Gasteiger partial charge in [0.2, 0.25) is 0 Å². The number of carbonyl (C=O) groups is 1. The molecule has 0 bridgehead atoms. The molecule has 1 amide bonds. The van der Waals surface area contributed by atoms with Crippen LogP contribution in [0.3, 0.4) is 0 Å². The van der Waals surface area contributed by atoms with Gasteiger partial charge in [-0.05, 0) is 65.6 Å². The van der Waals surface area contributed by atoms with Crippen molar-refractivity contribution in [3.63, 3.8) is 0 Å². The zero-order valence-electron chi connectivity index (χ0n) is 16.1. The van der Waals surface area contributed by atoms with Crippen LogP contribution in [0.15, 0.2) is 53.2 Å². The number of nitrogens with zero attached hydrogens (tertiary/aromatic N) is 5. The van der Waals surface area contributed by atoms with E-state index in [1.165, 1.54) is 0 Å². The molecule has 0 unspecified atom stereocenters. The molecule has 0 fully saturated rings. The van der Waals surface area contributed by atoms with Gasteiger partial charge in [0.1, 0.15) is 11.0 Å². The Morgan fingerprint density at radius 1 is 1.00 bits per heavy atom. The topological polar surface area (TPSA) is 77.0 Å². The van der Waals surface area contributed by atoms with Crippen LogP contribution in [-0.4, -0.2) is 37.9 Å². The molecule has 4 aromatic rings. The van der Waals surface area contributed by atoms with E-state index in [-0.39, 0.29) is 5.91 Å². The van der Waals surface area contributed by atoms with Crippen LogP contribution in [0.1, 0.15) is 32.9 Å². The number of hydrogen-bond acceptors (Lipinski definition) is 5. The lowest BCUT2D eigenvalue weighted by Gasteiger charge is -2.17. The summed E-state index contributed by atoms with van der Waals surface area (Å²) < 4.78 is 6.68. The van der Waals surface area contributed by atoms with Crippen molar-refractivity contribution in [2.75, 3.05) is 7.05 Å². The maximum absolute atomic E-state index is 12.8. The van der Waals surface area contributed by atoms with E-state index in [0.29, 0.717) is 29.7 Å². The van der Waals surface area contributed by atoms with Crippen LogP contribution in [0.2, 0.25) is 0 Å². The lowest BCUT2D eigenvalue weighted by molar-refractivity contribution is 0.0785. The number of amides is 1. The third-order valence-electron chi connectivity index (χ3n) is 4.72. The molecule has 0 N–H and O–H groups in total. The van der Waals surface area contributed by atoms with Crippen LogP contribution in [0, 0.1) is 13.8 Å². The molecule has 0 saturated heterocycles. The van der Waals surface area contributed by atoms with Crippen molar-refractivity contribution in [1.82, 2.24) is 25.0 Å². The summed E-state index contributed by atoms with van der Waals surface area (Å²) in [5, 5.41) is 12.1. The molecule has 2 aromatic carbocycles. The number of fused-ring (bicyclic) bond motifs is 1. The molecule has 142 valence electrons. The largest absolute Gasteiger partial charge is 0.337 e. The second-order valence-corrected chi connectivity index (χ2v) is 7.03. The van der Waals surface area contributed by atoms with Crippen molar-refractivity contribution >= 4 is 16.9 Å². The van der Waals surface area contributed by atoms with Crippen molar-refractivity contribution in [3.05, 3.63) is 76.6 Å². The zero-order valence-corrected chi connectivity index (χ0v) is 16.1. The van der Waals surface area contributed by atoms with Gasteiger partial charge in [0, 0.05) is 24.8 Å². The predicted molar refractivity (Wildman–Crippen MR) is 105 cm³/mol. The molecule has 28 heavy (non-hydrogen) atoms. The van der Waals surface area contributed by atoms with E-state index in [2.05, 4.69) is 21.5 Å². The summed E-state index contributed by atoms with van der Waals surface area (Å²) in [4.78, 5) is 14.4. The average Bonchev–Trinajstić information content (AvgIpc) is 3.27. The number of aromatic nitrogens is 4. The lowest BCUT2D eigenvalue weighted by atomic mass is 10.1.